The van der Waals surface area contributed by atoms with Gasteiger partial charge in [-0.25, -0.2) is 18.2 Å². The Hall–Kier alpha value is -2.95. The first-order valence-electron chi connectivity index (χ1n) is 8.09. The minimum Gasteiger partial charge on any atom is -0.495 e. The quantitative estimate of drug-likeness (QED) is 0.435. The average Bonchev–Trinajstić information content (AvgIpc) is 3.13. The molecule has 0 aliphatic rings. The number of rotatable bonds is 7. The second-order valence-corrected chi connectivity index (χ2v) is 7.52. The van der Waals surface area contributed by atoms with Gasteiger partial charge >= 0.3 is 5.97 Å². The first kappa shape index (κ1) is 19.8. The summed E-state index contributed by atoms with van der Waals surface area (Å²) in [5, 5.41) is 0. The van der Waals surface area contributed by atoms with Gasteiger partial charge in [-0.05, 0) is 30.3 Å². The van der Waals surface area contributed by atoms with E-state index in [1.54, 1.807) is 18.2 Å². The standard InChI is InChI=1S/C18H18N2O7S/c1-20(25-3)28(22,23)16-10-12(8-9-15(16)24-2)18(21)26-11-17-19-13-6-4-5-7-14(13)27-17/h4-10H,11H2,1-3H3. The molecule has 28 heavy (non-hydrogen) atoms. The van der Waals surface area contributed by atoms with Crippen LogP contribution in [0.5, 0.6) is 5.75 Å². The summed E-state index contributed by atoms with van der Waals surface area (Å²) in [5.41, 5.74) is 1.25. The number of ether oxygens (including phenoxy) is 2. The summed E-state index contributed by atoms with van der Waals surface area (Å²) >= 11 is 0. The highest BCUT2D eigenvalue weighted by Gasteiger charge is 2.27. The van der Waals surface area contributed by atoms with Crippen molar-refractivity contribution in [3.63, 3.8) is 0 Å². The number of nitrogens with zero attached hydrogens (tertiary/aromatic N) is 2. The van der Waals surface area contributed by atoms with E-state index in [1.165, 1.54) is 33.4 Å². The molecule has 0 amide bonds. The Morgan fingerprint density at radius 3 is 2.61 bits per heavy atom. The number of carbonyl (C=O) groups is 1. The normalized spacial score (nSPS) is 11.7. The summed E-state index contributed by atoms with van der Waals surface area (Å²) < 4.78 is 41.5. The van der Waals surface area contributed by atoms with Crippen molar-refractivity contribution >= 4 is 27.1 Å². The molecule has 0 aliphatic heterocycles. The van der Waals surface area contributed by atoms with E-state index in [0.717, 1.165) is 6.07 Å². The Balaban J connectivity index is 1.82. The number of methoxy groups -OCH3 is 1. The fourth-order valence-corrected chi connectivity index (χ4v) is 3.59. The average molecular weight is 406 g/mol. The second-order valence-electron chi connectivity index (χ2n) is 5.61. The monoisotopic (exact) mass is 406 g/mol. The maximum atomic E-state index is 12.5. The van der Waals surface area contributed by atoms with Gasteiger partial charge in [-0.1, -0.05) is 16.6 Å². The van der Waals surface area contributed by atoms with Gasteiger partial charge in [-0.3, -0.25) is 4.84 Å². The van der Waals surface area contributed by atoms with Crippen molar-refractivity contribution in [1.29, 1.82) is 0 Å². The van der Waals surface area contributed by atoms with E-state index in [4.69, 9.17) is 18.7 Å². The van der Waals surface area contributed by atoms with Crippen molar-refractivity contribution in [3.8, 4) is 5.75 Å². The first-order chi connectivity index (χ1) is 13.4. The van der Waals surface area contributed by atoms with E-state index in [9.17, 15) is 13.2 Å². The number of sulfonamides is 1. The fraction of sp³-hybridized carbons (Fsp3) is 0.222. The van der Waals surface area contributed by atoms with Gasteiger partial charge < -0.3 is 13.9 Å². The van der Waals surface area contributed by atoms with Gasteiger partial charge in [0, 0.05) is 7.05 Å². The number of esters is 1. The van der Waals surface area contributed by atoms with Crippen molar-refractivity contribution < 1.29 is 31.9 Å². The Bertz CT molecular complexity index is 1080. The molecule has 148 valence electrons. The van der Waals surface area contributed by atoms with E-state index in [-0.39, 0.29) is 28.7 Å². The smallest absolute Gasteiger partial charge is 0.338 e. The zero-order chi connectivity index (χ0) is 20.3. The van der Waals surface area contributed by atoms with Crippen LogP contribution in [0.2, 0.25) is 0 Å². The third-order valence-electron chi connectivity index (χ3n) is 3.94. The molecule has 0 N–H and O–H groups in total. The lowest BCUT2D eigenvalue weighted by atomic mass is 10.2. The number of hydroxylamine groups is 1. The van der Waals surface area contributed by atoms with Crippen molar-refractivity contribution in [2.75, 3.05) is 21.3 Å². The van der Waals surface area contributed by atoms with E-state index >= 15 is 0 Å². The van der Waals surface area contributed by atoms with Gasteiger partial charge in [-0.15, -0.1) is 0 Å². The highest BCUT2D eigenvalue weighted by Crippen LogP contribution is 2.28. The molecule has 1 aromatic heterocycles. The molecule has 0 spiro atoms. The number of benzene rings is 2. The number of hydrogen-bond acceptors (Lipinski definition) is 8. The lowest BCUT2D eigenvalue weighted by Gasteiger charge is -2.17. The number of hydrogen-bond donors (Lipinski definition) is 0. The first-order valence-corrected chi connectivity index (χ1v) is 9.53. The van der Waals surface area contributed by atoms with E-state index < -0.39 is 16.0 Å². The van der Waals surface area contributed by atoms with Crippen LogP contribution in [0, 0.1) is 0 Å². The van der Waals surface area contributed by atoms with Crippen LogP contribution in [-0.2, 0) is 26.2 Å². The zero-order valence-electron chi connectivity index (χ0n) is 15.4. The summed E-state index contributed by atoms with van der Waals surface area (Å²) in [6, 6.07) is 11.1. The number of aromatic nitrogens is 1. The molecule has 0 saturated heterocycles. The lowest BCUT2D eigenvalue weighted by molar-refractivity contribution is -0.0259. The largest absolute Gasteiger partial charge is 0.495 e. The van der Waals surface area contributed by atoms with Crippen LogP contribution in [0.15, 0.2) is 51.8 Å². The minimum atomic E-state index is -4.02. The molecule has 0 bridgehead atoms. The van der Waals surface area contributed by atoms with Gasteiger partial charge in [-0.2, -0.15) is 0 Å². The molecule has 1 heterocycles. The topological polar surface area (TPSA) is 108 Å². The van der Waals surface area contributed by atoms with Crippen molar-refractivity contribution in [1.82, 2.24) is 9.45 Å². The maximum Gasteiger partial charge on any atom is 0.338 e. The highest BCUT2D eigenvalue weighted by molar-refractivity contribution is 7.89. The van der Waals surface area contributed by atoms with E-state index in [0.29, 0.717) is 15.6 Å². The van der Waals surface area contributed by atoms with Crippen LogP contribution in [0.1, 0.15) is 16.2 Å². The number of carbonyl (C=O) groups excluding carboxylic acids is 1. The van der Waals surface area contributed by atoms with Crippen LogP contribution in [0.25, 0.3) is 11.1 Å². The predicted octanol–water partition coefficient (Wildman–Crippen LogP) is 2.38. The van der Waals surface area contributed by atoms with E-state index in [1.807, 2.05) is 6.07 Å². The summed E-state index contributed by atoms with van der Waals surface area (Å²) in [4.78, 5) is 21.1. The van der Waals surface area contributed by atoms with Crippen LogP contribution in [-0.4, -0.2) is 45.1 Å². The second kappa shape index (κ2) is 7.97. The summed E-state index contributed by atoms with van der Waals surface area (Å²) in [7, 11) is -0.259. The van der Waals surface area contributed by atoms with Crippen molar-refractivity contribution in [2.45, 2.75) is 11.5 Å². The number of oxazole rings is 1. The van der Waals surface area contributed by atoms with Gasteiger partial charge in [0.2, 0.25) is 5.89 Å². The Morgan fingerprint density at radius 2 is 1.93 bits per heavy atom. The maximum absolute atomic E-state index is 12.5. The zero-order valence-corrected chi connectivity index (χ0v) is 16.2. The summed E-state index contributed by atoms with van der Waals surface area (Å²) in [6.07, 6.45) is 0. The lowest BCUT2D eigenvalue weighted by Crippen LogP contribution is -2.26. The molecule has 0 unspecified atom stereocenters. The van der Waals surface area contributed by atoms with Gasteiger partial charge in [0.1, 0.15) is 16.2 Å². The van der Waals surface area contributed by atoms with Gasteiger partial charge in [0.25, 0.3) is 10.0 Å². The van der Waals surface area contributed by atoms with Crippen molar-refractivity contribution in [2.24, 2.45) is 0 Å². The van der Waals surface area contributed by atoms with Crippen LogP contribution in [0.4, 0.5) is 0 Å². The fourth-order valence-electron chi connectivity index (χ4n) is 2.43. The third kappa shape index (κ3) is 3.84. The number of fused-ring (bicyclic) bond motifs is 1. The number of para-hydroxylation sites is 2. The highest BCUT2D eigenvalue weighted by atomic mass is 32.2. The molecule has 9 nitrogen and oxygen atoms in total. The molecule has 0 radical (unpaired) electrons. The molecule has 2 aromatic carbocycles. The Kier molecular flexibility index (Phi) is 5.63. The molecule has 3 aromatic rings. The summed E-state index contributed by atoms with van der Waals surface area (Å²) in [6.45, 7) is -0.195. The summed E-state index contributed by atoms with van der Waals surface area (Å²) in [5.74, 6) is -0.434. The van der Waals surface area contributed by atoms with E-state index in [2.05, 4.69) is 4.98 Å². The van der Waals surface area contributed by atoms with Gasteiger partial charge in [0.15, 0.2) is 12.2 Å². The molecule has 0 atom stereocenters. The molecule has 0 aliphatic carbocycles. The minimum absolute atomic E-state index is 0.0278. The van der Waals surface area contributed by atoms with Gasteiger partial charge in [0.05, 0.1) is 19.8 Å². The molecule has 10 heteroatoms. The molecular formula is C18H18N2O7S. The Morgan fingerprint density at radius 1 is 1.18 bits per heavy atom. The molecular weight excluding hydrogens is 388 g/mol. The Labute approximate surface area is 161 Å². The van der Waals surface area contributed by atoms with Crippen molar-refractivity contribution in [3.05, 3.63) is 53.9 Å². The predicted molar refractivity (Wildman–Crippen MR) is 98.1 cm³/mol. The molecule has 0 saturated carbocycles. The SMILES string of the molecule is COc1ccc(C(=O)OCc2nc3ccccc3o2)cc1S(=O)(=O)N(C)OC. The molecule has 0 fully saturated rings. The van der Waals surface area contributed by atoms with Crippen LogP contribution >= 0.6 is 0 Å². The van der Waals surface area contributed by atoms with Crippen LogP contribution < -0.4 is 4.74 Å². The van der Waals surface area contributed by atoms with Crippen LogP contribution in [0.3, 0.4) is 0 Å². The molecule has 3 rings (SSSR count). The third-order valence-corrected chi connectivity index (χ3v) is 5.64.